The lowest BCUT2D eigenvalue weighted by molar-refractivity contribution is -0.242. The van der Waals surface area contributed by atoms with Gasteiger partial charge in [-0.25, -0.2) is 0 Å². The Morgan fingerprint density at radius 1 is 1.30 bits per heavy atom. The molecule has 1 fully saturated rings. The molecule has 4 atom stereocenters. The van der Waals surface area contributed by atoms with E-state index >= 15 is 0 Å². The van der Waals surface area contributed by atoms with Gasteiger partial charge < -0.3 is 20.1 Å². The van der Waals surface area contributed by atoms with Gasteiger partial charge in [-0.1, -0.05) is 0 Å². The fraction of sp³-hybridized carbons (Fsp3) is 1.00. The Bertz CT molecular complexity index is 104. The maximum absolute atomic E-state index is 9.03. The van der Waals surface area contributed by atoms with E-state index in [-0.39, 0.29) is 6.10 Å². The summed E-state index contributed by atoms with van der Waals surface area (Å²) in [4.78, 5) is 0. The van der Waals surface area contributed by atoms with Gasteiger partial charge in [0.25, 0.3) is 0 Å². The van der Waals surface area contributed by atoms with Crippen molar-refractivity contribution in [3.8, 4) is 0 Å². The maximum atomic E-state index is 9.03. The Labute approximate surface area is 59.1 Å². The second-order valence-electron chi connectivity index (χ2n) is 2.63. The summed E-state index contributed by atoms with van der Waals surface area (Å²) in [5.41, 5.74) is 0. The molecule has 1 aliphatic rings. The molecule has 3 unspecified atom stereocenters. The van der Waals surface area contributed by atoms with Crippen LogP contribution in [0, 0.1) is 0 Å². The van der Waals surface area contributed by atoms with Crippen molar-refractivity contribution in [3.63, 3.8) is 0 Å². The molecule has 1 rings (SSSR count). The molecule has 0 aromatic heterocycles. The highest BCUT2D eigenvalue weighted by atomic mass is 16.6. The minimum absolute atomic E-state index is 0.187. The van der Waals surface area contributed by atoms with E-state index in [4.69, 9.17) is 20.1 Å². The summed E-state index contributed by atoms with van der Waals surface area (Å²) in [6.07, 6.45) is -3.07. The van der Waals surface area contributed by atoms with Crippen LogP contribution in [0.5, 0.6) is 0 Å². The van der Waals surface area contributed by atoms with Crippen LogP contribution in [0.3, 0.4) is 0 Å². The molecule has 10 heavy (non-hydrogen) atoms. The quantitative estimate of drug-likeness (QED) is 0.405. The third-order valence-corrected chi connectivity index (χ3v) is 1.63. The van der Waals surface area contributed by atoms with Crippen LogP contribution >= 0.6 is 0 Å². The lowest BCUT2D eigenvalue weighted by Gasteiger charge is -2.32. The van der Waals surface area contributed by atoms with E-state index in [1.807, 2.05) is 0 Å². The first-order valence-corrected chi connectivity index (χ1v) is 3.31. The van der Waals surface area contributed by atoms with E-state index in [1.54, 1.807) is 6.92 Å². The highest BCUT2D eigenvalue weighted by molar-refractivity contribution is 4.77. The fourth-order valence-electron chi connectivity index (χ4n) is 1.04. The lowest BCUT2D eigenvalue weighted by atomic mass is 10.0. The first-order chi connectivity index (χ1) is 4.61. The first kappa shape index (κ1) is 7.94. The van der Waals surface area contributed by atoms with Crippen molar-refractivity contribution in [1.29, 1.82) is 0 Å². The molecule has 4 heteroatoms. The van der Waals surface area contributed by atoms with Crippen LogP contribution in [0.1, 0.15) is 13.3 Å². The van der Waals surface area contributed by atoms with Crippen molar-refractivity contribution in [2.45, 2.75) is 37.9 Å². The van der Waals surface area contributed by atoms with Crippen molar-refractivity contribution in [2.24, 2.45) is 0 Å². The zero-order valence-electron chi connectivity index (χ0n) is 5.77. The predicted molar refractivity (Wildman–Crippen MR) is 33.2 cm³/mol. The van der Waals surface area contributed by atoms with Gasteiger partial charge in [-0.15, -0.1) is 0 Å². The van der Waals surface area contributed by atoms with E-state index < -0.39 is 18.5 Å². The molecule has 0 bridgehead atoms. The topological polar surface area (TPSA) is 69.9 Å². The van der Waals surface area contributed by atoms with Gasteiger partial charge in [-0.2, -0.15) is 0 Å². The summed E-state index contributed by atoms with van der Waals surface area (Å²) in [6.45, 7) is 1.73. The Morgan fingerprint density at radius 2 is 1.90 bits per heavy atom. The maximum Gasteiger partial charge on any atom is 0.183 e. The number of aliphatic hydroxyl groups excluding tert-OH is 3. The van der Waals surface area contributed by atoms with Crippen molar-refractivity contribution >= 4 is 0 Å². The average Bonchev–Trinajstić information content (AvgIpc) is 1.82. The Kier molecular flexibility index (Phi) is 2.25. The van der Waals surface area contributed by atoms with Gasteiger partial charge >= 0.3 is 0 Å². The molecular formula is C6H12O4. The van der Waals surface area contributed by atoms with Gasteiger partial charge in [0.2, 0.25) is 0 Å². The first-order valence-electron chi connectivity index (χ1n) is 3.31. The van der Waals surface area contributed by atoms with Crippen LogP contribution in [-0.2, 0) is 4.74 Å². The van der Waals surface area contributed by atoms with Crippen LogP contribution in [0.4, 0.5) is 0 Å². The Hall–Kier alpha value is -0.160. The second kappa shape index (κ2) is 2.84. The normalized spacial score (nSPS) is 49.2. The molecule has 1 saturated heterocycles. The molecule has 0 aromatic carbocycles. The lowest BCUT2D eigenvalue weighted by Crippen LogP contribution is -2.47. The zero-order chi connectivity index (χ0) is 7.72. The van der Waals surface area contributed by atoms with E-state index in [0.29, 0.717) is 6.42 Å². The minimum atomic E-state index is -1.24. The second-order valence-corrected chi connectivity index (χ2v) is 2.63. The minimum Gasteiger partial charge on any atom is -0.390 e. The monoisotopic (exact) mass is 148 g/mol. The largest absolute Gasteiger partial charge is 0.390 e. The summed E-state index contributed by atoms with van der Waals surface area (Å²) in [5, 5.41) is 26.9. The van der Waals surface area contributed by atoms with E-state index in [1.165, 1.54) is 0 Å². The molecule has 0 amide bonds. The highest BCUT2D eigenvalue weighted by Crippen LogP contribution is 2.17. The van der Waals surface area contributed by atoms with Crippen molar-refractivity contribution in [1.82, 2.24) is 0 Å². The van der Waals surface area contributed by atoms with Crippen LogP contribution < -0.4 is 0 Å². The fourth-order valence-corrected chi connectivity index (χ4v) is 1.04. The standard InChI is InChI=1S/C6H12O4/c1-3-2-4(7)5(8)6(9)10-3/h3-9H,2H2,1H3/t3?,4?,5?,6-/m0/s1. The number of rotatable bonds is 0. The summed E-state index contributed by atoms with van der Waals surface area (Å²) < 4.78 is 4.81. The molecule has 0 saturated carbocycles. The van der Waals surface area contributed by atoms with E-state index in [2.05, 4.69) is 0 Å². The molecule has 0 aliphatic carbocycles. The molecule has 0 radical (unpaired) electrons. The molecule has 4 nitrogen and oxygen atoms in total. The van der Waals surface area contributed by atoms with Crippen LogP contribution in [-0.4, -0.2) is 39.9 Å². The Balaban J connectivity index is 2.49. The number of hydrogen-bond acceptors (Lipinski definition) is 4. The van der Waals surface area contributed by atoms with Gasteiger partial charge in [0, 0.05) is 6.42 Å². The van der Waals surface area contributed by atoms with Crippen LogP contribution in [0.25, 0.3) is 0 Å². The molecule has 1 aliphatic heterocycles. The molecule has 1 heterocycles. The van der Waals surface area contributed by atoms with E-state index in [9.17, 15) is 0 Å². The molecular weight excluding hydrogens is 136 g/mol. The zero-order valence-corrected chi connectivity index (χ0v) is 5.77. The number of aliphatic hydroxyl groups is 3. The molecule has 0 aromatic rings. The summed E-state index contributed by atoms with van der Waals surface area (Å²) in [5.74, 6) is 0. The third kappa shape index (κ3) is 1.46. The summed E-state index contributed by atoms with van der Waals surface area (Å²) in [7, 11) is 0. The number of ether oxygens (including phenoxy) is 1. The molecule has 60 valence electrons. The smallest absolute Gasteiger partial charge is 0.183 e. The van der Waals surface area contributed by atoms with Crippen LogP contribution in [0.15, 0.2) is 0 Å². The average molecular weight is 148 g/mol. The van der Waals surface area contributed by atoms with Crippen molar-refractivity contribution < 1.29 is 20.1 Å². The Morgan fingerprint density at radius 3 is 2.40 bits per heavy atom. The summed E-state index contributed by atoms with van der Waals surface area (Å²) >= 11 is 0. The van der Waals surface area contributed by atoms with Crippen molar-refractivity contribution in [3.05, 3.63) is 0 Å². The van der Waals surface area contributed by atoms with E-state index in [0.717, 1.165) is 0 Å². The highest BCUT2D eigenvalue weighted by Gasteiger charge is 2.33. The SMILES string of the molecule is CC1CC(O)C(O)[C@@H](O)O1. The third-order valence-electron chi connectivity index (χ3n) is 1.63. The van der Waals surface area contributed by atoms with Crippen LogP contribution in [0.2, 0.25) is 0 Å². The van der Waals surface area contributed by atoms with Gasteiger partial charge in [-0.05, 0) is 6.92 Å². The molecule has 0 spiro atoms. The van der Waals surface area contributed by atoms with Gasteiger partial charge in [0.1, 0.15) is 6.10 Å². The molecule has 3 N–H and O–H groups in total. The van der Waals surface area contributed by atoms with Gasteiger partial charge in [0.15, 0.2) is 6.29 Å². The van der Waals surface area contributed by atoms with Crippen molar-refractivity contribution in [2.75, 3.05) is 0 Å². The van der Waals surface area contributed by atoms with Gasteiger partial charge in [-0.3, -0.25) is 0 Å². The number of hydrogen-bond donors (Lipinski definition) is 3. The predicted octanol–water partition coefficient (Wildman–Crippen LogP) is -1.16. The van der Waals surface area contributed by atoms with Gasteiger partial charge in [0.05, 0.1) is 12.2 Å². The summed E-state index contributed by atoms with van der Waals surface area (Å²) in [6, 6.07) is 0.